The van der Waals surface area contributed by atoms with Crippen LogP contribution in [0.3, 0.4) is 0 Å². The van der Waals surface area contributed by atoms with E-state index < -0.39 is 5.97 Å². The number of hydrogen-bond acceptors (Lipinski definition) is 24. The van der Waals surface area contributed by atoms with Crippen molar-refractivity contribution in [1.29, 1.82) is 0 Å². The molecule has 0 bridgehead atoms. The van der Waals surface area contributed by atoms with Crippen molar-refractivity contribution in [3.05, 3.63) is 229 Å². The number of Topliss-reactive ketones (excluding diaryl/α,β-unsaturated/α-hetero) is 1. The van der Waals surface area contributed by atoms with Gasteiger partial charge in [-0.15, -0.1) is 41.2 Å². The normalized spacial score (nSPS) is 13.6. The van der Waals surface area contributed by atoms with Crippen molar-refractivity contribution in [2.45, 2.75) is 205 Å². The fourth-order valence-electron chi connectivity index (χ4n) is 12.0. The Balaban J connectivity index is 0.000000197. The Bertz CT molecular complexity index is 5110. The number of alkyl halides is 3. The van der Waals surface area contributed by atoms with Gasteiger partial charge in [0.2, 0.25) is 0 Å². The number of anilines is 4. The van der Waals surface area contributed by atoms with Crippen molar-refractivity contribution in [2.75, 3.05) is 67.7 Å². The molecule has 0 radical (unpaired) electrons. The number of nitrogens with zero attached hydrogens (tertiary/aromatic N) is 11. The molecule has 0 saturated heterocycles. The number of ketones is 1. The molecule has 0 spiro atoms. The van der Waals surface area contributed by atoms with Crippen LogP contribution in [-0.2, 0) is 100 Å². The number of aromatic nitrogens is 8. The maximum absolute atomic E-state index is 11.6. The summed E-state index contributed by atoms with van der Waals surface area (Å²) in [6.07, 6.45) is 42.6. The number of carbonyl (C=O) groups excluding carboxylic acids is 7. The van der Waals surface area contributed by atoms with Gasteiger partial charge in [-0.25, -0.2) is 44.3 Å². The number of aryl methyl sites for hydroxylation is 3. The summed E-state index contributed by atoms with van der Waals surface area (Å²) in [4.78, 5) is 104. The zero-order valence-electron chi connectivity index (χ0n) is 70.9. The monoisotopic (exact) mass is 1820 g/mol. The third-order valence-electron chi connectivity index (χ3n) is 19.3. The molecule has 6 fully saturated rings. The third-order valence-corrected chi connectivity index (χ3v) is 20.8. The molecule has 32 heteroatoms. The summed E-state index contributed by atoms with van der Waals surface area (Å²) in [5.41, 5.74) is 46.8. The molecule has 0 aliphatic heterocycles. The van der Waals surface area contributed by atoms with Crippen LogP contribution in [0.5, 0.6) is 0 Å². The second-order valence-electron chi connectivity index (χ2n) is 29.4. The van der Waals surface area contributed by atoms with Gasteiger partial charge in [-0.2, -0.15) is 0 Å². The van der Waals surface area contributed by atoms with Gasteiger partial charge in [-0.05, 0) is 268 Å². The molecule has 660 valence electrons. The van der Waals surface area contributed by atoms with Crippen LogP contribution < -0.4 is 22.9 Å². The third kappa shape index (κ3) is 37.0. The number of ether oxygens (including phenoxy) is 6. The second-order valence-corrected chi connectivity index (χ2v) is 31.0. The molecule has 15 rings (SSSR count). The van der Waals surface area contributed by atoms with E-state index in [0.29, 0.717) is 124 Å². The first-order valence-electron chi connectivity index (χ1n) is 41.5. The number of azide groups is 1. The summed E-state index contributed by atoms with van der Waals surface area (Å²) >= 11 is 19.3. The van der Waals surface area contributed by atoms with Gasteiger partial charge in [0.25, 0.3) is 0 Å². The first-order valence-corrected chi connectivity index (χ1v) is 43.9. The lowest BCUT2D eigenvalue weighted by Gasteiger charge is -2.07. The molecule has 124 heavy (non-hydrogen) atoms. The molecule has 0 amide bonds. The van der Waals surface area contributed by atoms with E-state index in [-0.39, 0.29) is 60.5 Å². The summed E-state index contributed by atoms with van der Waals surface area (Å²) in [5.74, 6) is 6.60. The topological polar surface area (TPSA) is 414 Å². The fourth-order valence-corrected chi connectivity index (χ4v) is 12.8. The van der Waals surface area contributed by atoms with E-state index in [4.69, 9.17) is 93.4 Å². The van der Waals surface area contributed by atoms with Gasteiger partial charge in [-0.3, -0.25) is 19.2 Å². The standard InChI is InChI=1S/C16H19ClN2O2.C16H19N5O2.C13H18N2O2.C13H16N2O2.C10H8O2.C8H9BrN2.C8H10N2.C5H8O2.C3H4Cl2O/c1-2-21-15(20)6-5-12-7-13(11-3-4-11)9-19-10-14(8-17)18-16(12)19;1-2-23-15(22)6-5-12-7-13(11-3-4-11)9-21-10-14(8-18-20-17)19-16(12)21;2*1-2-17-12(16)6-5-10-7-11(9-3-4-9)8-15-13(10)14;1-2-10(11)12-8-9-6-4-3-5-7-9;9-7-3-6(5-1-2-5)4-11-8(7)10;9-8-4-3-7(5-10-8)6-1-2-6;1-3-5(6)7-4-2;4-1-3(6)2-5/h7,9-11H,2-6,8H2,1H3;7,9-11H,2-6,8H2,1H3;7-9H,2-6H2,1H3,(H2,14,15);5-9H,2-4H2,1H3,(H2,14,15);1,3-7H,8H2;3-5H,1-2H2,(H2,10,11);3-6H,1-2H2,(H2,9,10);3H,1,4H2,2H3;1-2H2/b;;;6-5+;;;;;. The van der Waals surface area contributed by atoms with Crippen molar-refractivity contribution in [1.82, 2.24) is 38.7 Å². The van der Waals surface area contributed by atoms with E-state index in [2.05, 4.69) is 110 Å². The largest absolute Gasteiger partial charge is 0.466 e. The molecule has 1 aromatic carbocycles. The van der Waals surface area contributed by atoms with Crippen molar-refractivity contribution in [3.63, 3.8) is 0 Å². The van der Waals surface area contributed by atoms with Crippen LogP contribution in [0.1, 0.15) is 239 Å². The SMILES string of the molecule is C#CC(=O)OCc1ccccc1.C=CC(=O)OCC.CCOC(=O)/C=C/c1cc(C2CC2)cnc1N.CCOC(=O)CCc1cc(C2CC2)cn2cc(CCl)nc12.CCOC(=O)CCc1cc(C2CC2)cn2cc(CN=[N+]=[N-])nc12.CCOC(=O)CCc1cc(C2CC2)cnc1N.Nc1ccc(C2CC2)cn1.Nc1ncc(C2CC2)cc1Br.O=C(CCl)CCl. The molecule has 28 nitrogen and oxygen atoms in total. The van der Waals surface area contributed by atoms with Crippen molar-refractivity contribution >= 4 is 133 Å². The van der Waals surface area contributed by atoms with E-state index in [1.165, 1.54) is 117 Å². The number of halogens is 4. The van der Waals surface area contributed by atoms with Crippen LogP contribution in [0.15, 0.2) is 151 Å². The smallest absolute Gasteiger partial charge is 0.384 e. The van der Waals surface area contributed by atoms with E-state index in [0.717, 1.165) is 72.9 Å². The predicted octanol–water partition coefficient (Wildman–Crippen LogP) is 18.1. The molecule has 8 aromatic heterocycles. The van der Waals surface area contributed by atoms with Gasteiger partial charge in [-0.1, -0.05) is 66.3 Å². The van der Waals surface area contributed by atoms with E-state index in [1.54, 1.807) is 26.8 Å². The minimum Gasteiger partial charge on any atom is -0.466 e. The number of imidazole rings is 2. The van der Waals surface area contributed by atoms with Crippen LogP contribution in [0.4, 0.5) is 23.3 Å². The van der Waals surface area contributed by atoms with E-state index >= 15 is 0 Å². The Morgan fingerprint density at radius 1 is 0.532 bits per heavy atom. The Morgan fingerprint density at radius 3 is 1.39 bits per heavy atom. The number of terminal acetylenes is 1. The van der Waals surface area contributed by atoms with Gasteiger partial charge < -0.3 is 60.2 Å². The van der Waals surface area contributed by atoms with E-state index in [9.17, 15) is 33.6 Å². The fraction of sp³-hybridized carbons (Fsp3) is 0.424. The predicted molar refractivity (Wildman–Crippen MR) is 486 cm³/mol. The second kappa shape index (κ2) is 53.6. The Hall–Kier alpha value is -11.4. The number of nitrogen functional groups attached to an aromatic ring is 4. The van der Waals surface area contributed by atoms with Gasteiger partial charge in [0, 0.05) is 97.4 Å². The van der Waals surface area contributed by atoms with Gasteiger partial charge in [0.05, 0.1) is 73.1 Å². The minimum atomic E-state index is -0.626. The number of carbonyl (C=O) groups is 7. The molecule has 8 heterocycles. The summed E-state index contributed by atoms with van der Waals surface area (Å²) in [6, 6.07) is 23.8. The number of nitrogens with two attached hydrogens (primary N) is 4. The zero-order chi connectivity index (χ0) is 89.9. The van der Waals surface area contributed by atoms with Crippen LogP contribution in [0.2, 0.25) is 0 Å². The van der Waals surface area contributed by atoms with Gasteiger partial charge >= 0.3 is 35.8 Å². The molecule has 8 N–H and O–H groups in total. The summed E-state index contributed by atoms with van der Waals surface area (Å²) < 4.78 is 33.8. The highest BCUT2D eigenvalue weighted by Gasteiger charge is 2.29. The summed E-state index contributed by atoms with van der Waals surface area (Å²) in [6.45, 7) is 14.7. The molecular weight excluding hydrogens is 1710 g/mol. The molecule has 6 saturated carbocycles. The van der Waals surface area contributed by atoms with Crippen molar-refractivity contribution in [3.8, 4) is 12.3 Å². The van der Waals surface area contributed by atoms with Gasteiger partial charge in [0.1, 0.15) is 41.2 Å². The average Bonchev–Trinajstić information content (AvgIpc) is 1.63. The van der Waals surface area contributed by atoms with Gasteiger partial charge in [0.15, 0.2) is 5.78 Å². The Labute approximate surface area is 747 Å². The first kappa shape index (κ1) is 99.7. The zero-order valence-corrected chi connectivity index (χ0v) is 74.7. The quantitative estimate of drug-likeness (QED) is 0.00374. The highest BCUT2D eigenvalue weighted by atomic mass is 79.9. The Kier molecular flexibility index (Phi) is 43.1. The molecular formula is C92H111BrCl3N15O13. The van der Waals surface area contributed by atoms with Crippen LogP contribution >= 0.6 is 50.7 Å². The lowest BCUT2D eigenvalue weighted by atomic mass is 10.1. The summed E-state index contributed by atoms with van der Waals surface area (Å²) in [5, 5.41) is 3.57. The molecule has 6 aliphatic carbocycles. The number of rotatable bonds is 30. The molecule has 9 aromatic rings. The maximum atomic E-state index is 11.6. The van der Waals surface area contributed by atoms with Crippen LogP contribution in [0, 0.1) is 12.3 Å². The minimum absolute atomic E-state index is 0.0312. The molecule has 0 atom stereocenters. The lowest BCUT2D eigenvalue weighted by Crippen LogP contribution is -2.07. The highest BCUT2D eigenvalue weighted by molar-refractivity contribution is 9.10. The van der Waals surface area contributed by atoms with Crippen molar-refractivity contribution < 1.29 is 62.0 Å². The number of hydrogen-bond donors (Lipinski definition) is 4. The van der Waals surface area contributed by atoms with Crippen LogP contribution in [-0.4, -0.2) is 125 Å². The molecule has 6 aliphatic rings. The first-order chi connectivity index (χ1) is 59.9. The van der Waals surface area contributed by atoms with E-state index in [1.807, 2.05) is 108 Å². The number of benzene rings is 1. The van der Waals surface area contributed by atoms with Crippen molar-refractivity contribution in [2.24, 2.45) is 5.11 Å². The highest BCUT2D eigenvalue weighted by Crippen LogP contribution is 2.45. The Morgan fingerprint density at radius 2 is 0.960 bits per heavy atom. The lowest BCUT2D eigenvalue weighted by molar-refractivity contribution is -0.144. The number of fused-ring (bicyclic) bond motifs is 2. The van der Waals surface area contributed by atoms with Crippen LogP contribution in [0.25, 0.3) is 27.8 Å². The number of pyridine rings is 6. The average molecular weight is 1820 g/mol. The molecule has 0 unspecified atom stereocenters. The maximum Gasteiger partial charge on any atom is 0.384 e. The summed E-state index contributed by atoms with van der Waals surface area (Å²) in [7, 11) is 0. The number of esters is 6.